The molecular formula is C22H24N4O5. The molecule has 1 aromatic carbocycles. The maximum atomic E-state index is 12.5. The number of H-pyrrole nitrogens is 1. The van der Waals surface area contributed by atoms with Crippen LogP contribution < -0.4 is 11.2 Å². The van der Waals surface area contributed by atoms with Crippen LogP contribution in [-0.4, -0.2) is 41.8 Å². The van der Waals surface area contributed by atoms with Gasteiger partial charge in [0.1, 0.15) is 0 Å². The van der Waals surface area contributed by atoms with Gasteiger partial charge in [0.05, 0.1) is 41.3 Å². The Balaban J connectivity index is 1.89. The van der Waals surface area contributed by atoms with Gasteiger partial charge in [-0.25, -0.2) is 15.0 Å². The Morgan fingerprint density at radius 2 is 1.74 bits per heavy atom. The third kappa shape index (κ3) is 5.00. The van der Waals surface area contributed by atoms with Crippen LogP contribution in [0.2, 0.25) is 0 Å². The summed E-state index contributed by atoms with van der Waals surface area (Å²) in [6.07, 6.45) is 4.01. The third-order valence-corrected chi connectivity index (χ3v) is 4.65. The largest absolute Gasteiger partial charge is 0.462 e. The minimum Gasteiger partial charge on any atom is -0.462 e. The van der Waals surface area contributed by atoms with Crippen molar-refractivity contribution in [3.63, 3.8) is 0 Å². The molecule has 2 heterocycles. The molecule has 162 valence electrons. The van der Waals surface area contributed by atoms with Crippen LogP contribution in [-0.2, 0) is 20.7 Å². The zero-order chi connectivity index (χ0) is 22.4. The maximum absolute atomic E-state index is 12.5. The highest BCUT2D eigenvalue weighted by molar-refractivity contribution is 6.27. The van der Waals surface area contributed by atoms with Gasteiger partial charge in [0.2, 0.25) is 0 Å². The molecule has 1 aliphatic rings. The van der Waals surface area contributed by atoms with Gasteiger partial charge < -0.3 is 20.2 Å². The number of anilines is 1. The number of nitrogens with two attached hydrogens (primary N) is 1. The van der Waals surface area contributed by atoms with Crippen LogP contribution in [0.1, 0.15) is 52.2 Å². The second-order valence-electron chi connectivity index (χ2n) is 6.73. The molecule has 4 N–H and O–H groups in total. The van der Waals surface area contributed by atoms with Gasteiger partial charge in [-0.05, 0) is 50.5 Å². The average molecular weight is 424 g/mol. The molecule has 9 heteroatoms. The number of ether oxygens (including phenoxy) is 2. The highest BCUT2D eigenvalue weighted by atomic mass is 16.5. The molecule has 2 aromatic rings. The van der Waals surface area contributed by atoms with Crippen LogP contribution in [0, 0.1) is 0 Å². The number of carbonyl (C=O) groups is 3. The Kier molecular flexibility index (Phi) is 6.86. The van der Waals surface area contributed by atoms with E-state index in [2.05, 4.69) is 15.5 Å². The van der Waals surface area contributed by atoms with Gasteiger partial charge in [0.15, 0.2) is 0 Å². The van der Waals surface area contributed by atoms with Crippen LogP contribution >= 0.6 is 0 Å². The number of hydrogen-bond donors (Lipinski definition) is 3. The minimum atomic E-state index is -0.683. The van der Waals surface area contributed by atoms with Gasteiger partial charge >= 0.3 is 11.9 Å². The molecule has 0 fully saturated rings. The lowest BCUT2D eigenvalue weighted by atomic mass is 10.0. The predicted molar refractivity (Wildman–Crippen MR) is 115 cm³/mol. The number of aromatic nitrogens is 1. The van der Waals surface area contributed by atoms with Crippen LogP contribution in [0.25, 0.3) is 6.08 Å². The fraction of sp³-hybridized carbons (Fsp3) is 0.273. The van der Waals surface area contributed by atoms with E-state index in [0.29, 0.717) is 29.8 Å². The number of nitrogens with zero attached hydrogens (tertiary/aromatic N) is 1. The maximum Gasteiger partial charge on any atom is 0.341 e. The first-order valence-corrected chi connectivity index (χ1v) is 9.93. The predicted octanol–water partition coefficient (Wildman–Crippen LogP) is 2.45. The fourth-order valence-corrected chi connectivity index (χ4v) is 3.15. The van der Waals surface area contributed by atoms with Gasteiger partial charge in [-0.3, -0.25) is 4.79 Å². The Morgan fingerprint density at radius 3 is 2.42 bits per heavy atom. The Morgan fingerprint density at radius 1 is 1.06 bits per heavy atom. The average Bonchev–Trinajstić information content (AvgIpc) is 3.32. The van der Waals surface area contributed by atoms with Gasteiger partial charge in [-0.15, -0.1) is 0 Å². The van der Waals surface area contributed by atoms with Gasteiger partial charge in [0.25, 0.3) is 5.91 Å². The molecule has 0 saturated heterocycles. The first-order valence-electron chi connectivity index (χ1n) is 9.93. The number of esters is 2. The van der Waals surface area contributed by atoms with Crippen molar-refractivity contribution in [1.82, 2.24) is 10.4 Å². The van der Waals surface area contributed by atoms with E-state index in [1.165, 1.54) is 12.3 Å². The zero-order valence-corrected chi connectivity index (χ0v) is 17.4. The van der Waals surface area contributed by atoms with Crippen molar-refractivity contribution in [3.05, 3.63) is 58.4 Å². The van der Waals surface area contributed by atoms with Crippen molar-refractivity contribution in [2.75, 3.05) is 18.9 Å². The number of hydrazone groups is 1. The summed E-state index contributed by atoms with van der Waals surface area (Å²) < 4.78 is 10.1. The van der Waals surface area contributed by atoms with Crippen molar-refractivity contribution in [2.45, 2.75) is 26.7 Å². The number of amides is 1. The molecule has 0 saturated carbocycles. The normalized spacial score (nSPS) is 14.3. The third-order valence-electron chi connectivity index (χ3n) is 4.65. The minimum absolute atomic E-state index is 0.0189. The summed E-state index contributed by atoms with van der Waals surface area (Å²) in [5.74, 6) is -1.73. The number of aryl methyl sites for hydroxylation is 1. The van der Waals surface area contributed by atoms with E-state index in [4.69, 9.17) is 15.2 Å². The number of benzene rings is 1. The first kappa shape index (κ1) is 21.8. The van der Waals surface area contributed by atoms with Crippen LogP contribution in [0.15, 0.2) is 41.1 Å². The van der Waals surface area contributed by atoms with Gasteiger partial charge in [-0.2, -0.15) is 5.10 Å². The molecule has 0 atom stereocenters. The summed E-state index contributed by atoms with van der Waals surface area (Å²) >= 11 is 0. The lowest BCUT2D eigenvalue weighted by Crippen LogP contribution is -2.15. The lowest BCUT2D eigenvalue weighted by Gasteiger charge is -2.06. The van der Waals surface area contributed by atoms with Crippen molar-refractivity contribution in [1.29, 1.82) is 0 Å². The summed E-state index contributed by atoms with van der Waals surface area (Å²) in [6.45, 7) is 3.63. The standard InChI is InChI=1S/C22H24N4O5/c1-3-30-21(28)16-12-24-18(19(16)22(29)31-4-2)11-15-17(25-26-20(15)27)10-7-13-5-8-14(23)9-6-13/h5-6,8-9,11-12,24H,3-4,7,10,23H2,1-2H3,(H,26,27). The molecule has 0 radical (unpaired) electrons. The van der Waals surface area contributed by atoms with Crippen molar-refractivity contribution >= 4 is 35.3 Å². The molecule has 3 rings (SSSR count). The fourth-order valence-electron chi connectivity index (χ4n) is 3.15. The van der Waals surface area contributed by atoms with E-state index in [-0.39, 0.29) is 30.0 Å². The summed E-state index contributed by atoms with van der Waals surface area (Å²) in [7, 11) is 0. The molecule has 1 amide bonds. The summed E-state index contributed by atoms with van der Waals surface area (Å²) in [5.41, 5.74) is 11.1. The molecule has 0 aliphatic carbocycles. The first-order chi connectivity index (χ1) is 14.9. The molecule has 0 spiro atoms. The smallest absolute Gasteiger partial charge is 0.341 e. The van der Waals surface area contributed by atoms with Crippen molar-refractivity contribution in [2.24, 2.45) is 5.10 Å². The van der Waals surface area contributed by atoms with Gasteiger partial charge in [0, 0.05) is 11.9 Å². The highest BCUT2D eigenvalue weighted by Crippen LogP contribution is 2.22. The van der Waals surface area contributed by atoms with E-state index in [0.717, 1.165) is 5.56 Å². The Labute approximate surface area is 179 Å². The van der Waals surface area contributed by atoms with E-state index in [9.17, 15) is 14.4 Å². The summed E-state index contributed by atoms with van der Waals surface area (Å²) in [4.78, 5) is 40.0. The number of nitrogen functional groups attached to an aromatic ring is 1. The van der Waals surface area contributed by atoms with E-state index in [1.807, 2.05) is 24.3 Å². The molecular weight excluding hydrogens is 400 g/mol. The highest BCUT2D eigenvalue weighted by Gasteiger charge is 2.28. The molecule has 31 heavy (non-hydrogen) atoms. The van der Waals surface area contributed by atoms with Crippen molar-refractivity contribution < 1.29 is 23.9 Å². The van der Waals surface area contributed by atoms with E-state index in [1.54, 1.807) is 13.8 Å². The van der Waals surface area contributed by atoms with Gasteiger partial charge in [-0.1, -0.05) is 12.1 Å². The zero-order valence-electron chi connectivity index (χ0n) is 17.4. The number of aromatic amines is 1. The summed E-state index contributed by atoms with van der Waals surface area (Å²) in [6, 6.07) is 7.46. The number of hydrogen-bond acceptors (Lipinski definition) is 7. The van der Waals surface area contributed by atoms with Crippen LogP contribution in [0.4, 0.5) is 5.69 Å². The topological polar surface area (TPSA) is 136 Å². The quantitative estimate of drug-likeness (QED) is 0.338. The lowest BCUT2D eigenvalue weighted by molar-refractivity contribution is -0.116. The molecule has 9 nitrogen and oxygen atoms in total. The Bertz CT molecular complexity index is 1050. The molecule has 0 bridgehead atoms. The number of nitrogens with one attached hydrogen (secondary N) is 2. The number of rotatable bonds is 8. The second-order valence-corrected chi connectivity index (χ2v) is 6.73. The summed E-state index contributed by atoms with van der Waals surface area (Å²) in [5, 5.41) is 4.11. The van der Waals surface area contributed by atoms with Crippen LogP contribution in [0.3, 0.4) is 0 Å². The molecule has 0 unspecified atom stereocenters. The SMILES string of the molecule is CCOC(=O)c1c[nH]c(C=C2C(=O)NN=C2CCc2ccc(N)cc2)c1C(=O)OCC. The van der Waals surface area contributed by atoms with E-state index < -0.39 is 17.8 Å². The second kappa shape index (κ2) is 9.75. The van der Waals surface area contributed by atoms with Crippen LogP contribution in [0.5, 0.6) is 0 Å². The monoisotopic (exact) mass is 424 g/mol. The van der Waals surface area contributed by atoms with Crippen molar-refractivity contribution in [3.8, 4) is 0 Å². The number of carbonyl (C=O) groups excluding carboxylic acids is 3. The molecule has 1 aliphatic heterocycles. The Hall–Kier alpha value is -3.88. The van der Waals surface area contributed by atoms with E-state index >= 15 is 0 Å². The molecule has 1 aromatic heterocycles.